The number of pyridine rings is 1. The Morgan fingerprint density at radius 2 is 2.13 bits per heavy atom. The first-order valence-electron chi connectivity index (χ1n) is 4.74. The molecule has 0 spiro atoms. The number of rotatable bonds is 1. The van der Waals surface area contributed by atoms with Crippen molar-refractivity contribution in [3.8, 4) is 0 Å². The molecule has 0 saturated carbocycles. The highest BCUT2D eigenvalue weighted by Crippen LogP contribution is 2.26. The van der Waals surface area contributed by atoms with E-state index >= 15 is 0 Å². The normalized spacial score (nSPS) is 24.8. The van der Waals surface area contributed by atoms with Crippen LogP contribution in [0, 0.1) is 0 Å². The zero-order valence-corrected chi connectivity index (χ0v) is 8.86. The van der Waals surface area contributed by atoms with E-state index in [2.05, 4.69) is 10.4 Å². The number of hydrogen-bond acceptors (Lipinski definition) is 5. The SMILES string of the molecule is CN1C=CC(C)(c2ccc(N)c(N)n2)N1. The van der Waals surface area contributed by atoms with Gasteiger partial charge in [0.1, 0.15) is 5.82 Å². The van der Waals surface area contributed by atoms with E-state index < -0.39 is 0 Å². The molecule has 2 rings (SSSR count). The van der Waals surface area contributed by atoms with Crippen molar-refractivity contribution >= 4 is 11.5 Å². The lowest BCUT2D eigenvalue weighted by molar-refractivity contribution is 0.266. The number of aromatic nitrogens is 1. The zero-order valence-electron chi connectivity index (χ0n) is 8.86. The molecule has 5 heteroatoms. The Bertz CT molecular complexity index is 414. The van der Waals surface area contributed by atoms with Crippen LogP contribution in [0.15, 0.2) is 24.4 Å². The van der Waals surface area contributed by atoms with E-state index in [0.717, 1.165) is 5.69 Å². The molecule has 0 aliphatic carbocycles. The molecule has 1 aromatic heterocycles. The second-order valence-electron chi connectivity index (χ2n) is 3.91. The number of hydrogen-bond donors (Lipinski definition) is 3. The third-order valence-electron chi connectivity index (χ3n) is 2.53. The molecule has 1 aromatic rings. The molecular formula is C10H15N5. The summed E-state index contributed by atoms with van der Waals surface area (Å²) in [6.45, 7) is 2.03. The Kier molecular flexibility index (Phi) is 2.04. The minimum absolute atomic E-state index is 0.309. The predicted molar refractivity (Wildman–Crippen MR) is 60.5 cm³/mol. The standard InChI is InChI=1S/C10H15N5/c1-10(5-6-15(2)14-10)8-4-3-7(11)9(12)13-8/h3-6,14H,11H2,1-2H3,(H2,12,13). The van der Waals surface area contributed by atoms with Crippen LogP contribution in [-0.4, -0.2) is 17.0 Å². The molecule has 1 aliphatic heterocycles. The summed E-state index contributed by atoms with van der Waals surface area (Å²) >= 11 is 0. The summed E-state index contributed by atoms with van der Waals surface area (Å²) in [5, 5.41) is 1.88. The molecule has 5 nitrogen and oxygen atoms in total. The molecule has 0 amide bonds. The number of hydrazine groups is 1. The Morgan fingerprint density at radius 1 is 1.40 bits per heavy atom. The van der Waals surface area contributed by atoms with E-state index in [1.54, 1.807) is 6.07 Å². The minimum atomic E-state index is -0.309. The van der Waals surface area contributed by atoms with Crippen LogP contribution in [0.1, 0.15) is 12.6 Å². The number of nitrogen functional groups attached to an aromatic ring is 2. The van der Waals surface area contributed by atoms with Gasteiger partial charge in [-0.1, -0.05) is 0 Å². The fourth-order valence-electron chi connectivity index (χ4n) is 1.62. The summed E-state index contributed by atoms with van der Waals surface area (Å²) in [4.78, 5) is 4.27. The first kappa shape index (κ1) is 9.79. The molecule has 0 radical (unpaired) electrons. The number of nitrogens with two attached hydrogens (primary N) is 2. The van der Waals surface area contributed by atoms with Gasteiger partial charge in [0.15, 0.2) is 0 Å². The molecule has 0 aromatic carbocycles. The molecule has 1 aliphatic rings. The van der Waals surface area contributed by atoms with Crippen LogP contribution in [0.4, 0.5) is 11.5 Å². The molecule has 0 fully saturated rings. The van der Waals surface area contributed by atoms with Crippen LogP contribution < -0.4 is 16.9 Å². The third-order valence-corrected chi connectivity index (χ3v) is 2.53. The van der Waals surface area contributed by atoms with Crippen molar-refractivity contribution in [3.05, 3.63) is 30.1 Å². The summed E-state index contributed by atoms with van der Waals surface area (Å²) in [5.74, 6) is 0.374. The molecule has 5 N–H and O–H groups in total. The largest absolute Gasteiger partial charge is 0.396 e. The maximum Gasteiger partial charge on any atom is 0.146 e. The molecule has 80 valence electrons. The fourth-order valence-corrected chi connectivity index (χ4v) is 1.62. The number of nitrogens with zero attached hydrogens (tertiary/aromatic N) is 2. The molecular weight excluding hydrogens is 190 g/mol. The van der Waals surface area contributed by atoms with Gasteiger partial charge in [-0.2, -0.15) is 0 Å². The molecule has 1 atom stereocenters. The average molecular weight is 205 g/mol. The van der Waals surface area contributed by atoms with Gasteiger partial charge in [0.05, 0.1) is 16.9 Å². The monoisotopic (exact) mass is 205 g/mol. The van der Waals surface area contributed by atoms with Gasteiger partial charge < -0.3 is 16.5 Å². The van der Waals surface area contributed by atoms with E-state index in [4.69, 9.17) is 11.5 Å². The summed E-state index contributed by atoms with van der Waals surface area (Å²) in [7, 11) is 1.93. The van der Waals surface area contributed by atoms with Crippen LogP contribution in [0.2, 0.25) is 0 Å². The smallest absolute Gasteiger partial charge is 0.146 e. The molecule has 0 saturated heterocycles. The number of anilines is 2. The highest BCUT2D eigenvalue weighted by atomic mass is 15.5. The van der Waals surface area contributed by atoms with Gasteiger partial charge in [-0.25, -0.2) is 10.4 Å². The van der Waals surface area contributed by atoms with Crippen molar-refractivity contribution in [2.75, 3.05) is 18.5 Å². The second kappa shape index (κ2) is 3.13. The van der Waals surface area contributed by atoms with Gasteiger partial charge in [0.2, 0.25) is 0 Å². The predicted octanol–water partition coefficient (Wildman–Crippen LogP) is 0.425. The Labute approximate surface area is 88.7 Å². The van der Waals surface area contributed by atoms with Gasteiger partial charge in [0, 0.05) is 13.2 Å². The fraction of sp³-hybridized carbons (Fsp3) is 0.300. The van der Waals surface area contributed by atoms with Crippen molar-refractivity contribution in [1.29, 1.82) is 0 Å². The molecule has 0 bridgehead atoms. The summed E-state index contributed by atoms with van der Waals surface area (Å²) in [5.41, 5.74) is 15.6. The third kappa shape index (κ3) is 1.61. The van der Waals surface area contributed by atoms with Crippen molar-refractivity contribution in [2.24, 2.45) is 0 Å². The van der Waals surface area contributed by atoms with Crippen LogP contribution >= 0.6 is 0 Å². The summed E-state index contributed by atoms with van der Waals surface area (Å²) in [6, 6.07) is 3.65. The van der Waals surface area contributed by atoms with Crippen molar-refractivity contribution < 1.29 is 0 Å². The van der Waals surface area contributed by atoms with Crippen LogP contribution in [0.25, 0.3) is 0 Å². The van der Waals surface area contributed by atoms with Crippen molar-refractivity contribution in [3.63, 3.8) is 0 Å². The van der Waals surface area contributed by atoms with E-state index in [1.165, 1.54) is 0 Å². The van der Waals surface area contributed by atoms with Gasteiger partial charge >= 0.3 is 0 Å². The van der Waals surface area contributed by atoms with E-state index in [1.807, 2.05) is 37.3 Å². The zero-order chi connectivity index (χ0) is 11.1. The lowest BCUT2D eigenvalue weighted by Gasteiger charge is -2.25. The van der Waals surface area contributed by atoms with Crippen LogP contribution in [0.5, 0.6) is 0 Å². The Morgan fingerprint density at radius 3 is 2.67 bits per heavy atom. The quantitative estimate of drug-likeness (QED) is 0.619. The highest BCUT2D eigenvalue weighted by molar-refractivity contribution is 5.58. The molecule has 2 heterocycles. The minimum Gasteiger partial charge on any atom is -0.396 e. The second-order valence-corrected chi connectivity index (χ2v) is 3.91. The van der Waals surface area contributed by atoms with Gasteiger partial charge in [-0.15, -0.1) is 0 Å². The maximum atomic E-state index is 5.68. The van der Waals surface area contributed by atoms with E-state index in [0.29, 0.717) is 11.5 Å². The van der Waals surface area contributed by atoms with Gasteiger partial charge in [0.25, 0.3) is 0 Å². The summed E-state index contributed by atoms with van der Waals surface area (Å²) in [6.07, 6.45) is 3.99. The molecule has 1 unspecified atom stereocenters. The Hall–Kier alpha value is -1.75. The maximum absolute atomic E-state index is 5.68. The lowest BCUT2D eigenvalue weighted by Crippen LogP contribution is -2.40. The highest BCUT2D eigenvalue weighted by Gasteiger charge is 2.30. The van der Waals surface area contributed by atoms with E-state index in [-0.39, 0.29) is 5.54 Å². The first-order chi connectivity index (χ1) is 7.01. The Balaban J connectivity index is 2.38. The van der Waals surface area contributed by atoms with Crippen molar-refractivity contribution in [1.82, 2.24) is 15.4 Å². The number of nitrogens with one attached hydrogen (secondary N) is 1. The topological polar surface area (TPSA) is 80.2 Å². The first-order valence-corrected chi connectivity index (χ1v) is 4.74. The lowest BCUT2D eigenvalue weighted by atomic mass is 9.99. The van der Waals surface area contributed by atoms with Gasteiger partial charge in [-0.3, -0.25) is 0 Å². The average Bonchev–Trinajstić information content (AvgIpc) is 2.52. The van der Waals surface area contributed by atoms with Crippen LogP contribution in [0.3, 0.4) is 0 Å². The summed E-state index contributed by atoms with van der Waals surface area (Å²) < 4.78 is 0. The van der Waals surface area contributed by atoms with E-state index in [9.17, 15) is 0 Å². The molecule has 15 heavy (non-hydrogen) atoms. The van der Waals surface area contributed by atoms with Crippen LogP contribution in [-0.2, 0) is 5.54 Å². The van der Waals surface area contributed by atoms with Crippen molar-refractivity contribution in [2.45, 2.75) is 12.5 Å². The van der Waals surface area contributed by atoms with Gasteiger partial charge in [-0.05, 0) is 25.1 Å².